The van der Waals surface area contributed by atoms with Crippen molar-refractivity contribution in [3.63, 3.8) is 0 Å². The van der Waals surface area contributed by atoms with Crippen molar-refractivity contribution >= 4 is 39.4 Å². The van der Waals surface area contributed by atoms with Crippen LogP contribution in [0.5, 0.6) is 0 Å². The molecule has 2 heterocycles. The molecule has 5 nitrogen and oxygen atoms in total. The number of anilines is 1. The summed E-state index contributed by atoms with van der Waals surface area (Å²) in [5.41, 5.74) is 9.02. The van der Waals surface area contributed by atoms with Gasteiger partial charge in [0.15, 0.2) is 0 Å². The summed E-state index contributed by atoms with van der Waals surface area (Å²) in [4.78, 5) is 7.76. The van der Waals surface area contributed by atoms with Crippen molar-refractivity contribution in [1.82, 2.24) is 19.7 Å². The molecular weight excluding hydrogens is 353 g/mol. The van der Waals surface area contributed by atoms with E-state index in [0.717, 1.165) is 20.3 Å². The molecular formula is C13H14IN5. The molecule has 0 spiro atoms. The SMILES string of the molecule is CC(C)c1nn(-c2nc3ccccc3[nH]2)c(N)c1I. The Morgan fingerprint density at radius 3 is 2.68 bits per heavy atom. The first-order chi connectivity index (χ1) is 9.08. The minimum Gasteiger partial charge on any atom is -0.383 e. The van der Waals surface area contributed by atoms with Crippen LogP contribution >= 0.6 is 22.6 Å². The topological polar surface area (TPSA) is 72.5 Å². The van der Waals surface area contributed by atoms with E-state index in [2.05, 4.69) is 51.5 Å². The smallest absolute Gasteiger partial charge is 0.231 e. The molecule has 0 fully saturated rings. The first-order valence-corrected chi connectivity index (χ1v) is 7.15. The fraction of sp³-hybridized carbons (Fsp3) is 0.231. The number of nitrogen functional groups attached to an aromatic ring is 1. The van der Waals surface area contributed by atoms with E-state index in [-0.39, 0.29) is 0 Å². The predicted octanol–water partition coefficient (Wildman–Crippen LogP) is 3.06. The van der Waals surface area contributed by atoms with Crippen LogP contribution in [-0.4, -0.2) is 19.7 Å². The molecule has 0 saturated carbocycles. The van der Waals surface area contributed by atoms with Crippen molar-refractivity contribution in [2.75, 3.05) is 5.73 Å². The number of fused-ring (bicyclic) bond motifs is 1. The summed E-state index contributed by atoms with van der Waals surface area (Å²) in [6, 6.07) is 7.88. The molecule has 3 aromatic rings. The highest BCUT2D eigenvalue weighted by molar-refractivity contribution is 14.1. The van der Waals surface area contributed by atoms with E-state index < -0.39 is 0 Å². The zero-order valence-electron chi connectivity index (χ0n) is 10.7. The number of nitrogens with one attached hydrogen (secondary N) is 1. The molecule has 3 N–H and O–H groups in total. The number of rotatable bonds is 2. The number of halogens is 1. The number of nitrogens with two attached hydrogens (primary N) is 1. The van der Waals surface area contributed by atoms with Gasteiger partial charge in [-0.2, -0.15) is 9.78 Å². The van der Waals surface area contributed by atoms with Gasteiger partial charge in [0.05, 0.1) is 20.3 Å². The van der Waals surface area contributed by atoms with E-state index in [1.165, 1.54) is 0 Å². The third-order valence-electron chi connectivity index (χ3n) is 3.01. The van der Waals surface area contributed by atoms with Gasteiger partial charge in [-0.1, -0.05) is 26.0 Å². The van der Waals surface area contributed by atoms with Gasteiger partial charge in [-0.15, -0.1) is 0 Å². The molecule has 0 aliphatic rings. The summed E-state index contributed by atoms with van der Waals surface area (Å²) in [5, 5.41) is 4.56. The molecule has 98 valence electrons. The first-order valence-electron chi connectivity index (χ1n) is 6.07. The zero-order valence-corrected chi connectivity index (χ0v) is 12.8. The molecule has 0 radical (unpaired) electrons. The van der Waals surface area contributed by atoms with Gasteiger partial charge in [0.1, 0.15) is 5.82 Å². The number of para-hydroxylation sites is 2. The number of aromatic nitrogens is 4. The molecule has 19 heavy (non-hydrogen) atoms. The van der Waals surface area contributed by atoms with Crippen LogP contribution in [0.2, 0.25) is 0 Å². The summed E-state index contributed by atoms with van der Waals surface area (Å²) in [6.07, 6.45) is 0. The summed E-state index contributed by atoms with van der Waals surface area (Å²) in [5.74, 6) is 1.62. The van der Waals surface area contributed by atoms with Crippen LogP contribution in [0.1, 0.15) is 25.5 Å². The summed E-state index contributed by atoms with van der Waals surface area (Å²) in [6.45, 7) is 4.21. The van der Waals surface area contributed by atoms with Gasteiger partial charge in [0, 0.05) is 0 Å². The van der Waals surface area contributed by atoms with Gasteiger partial charge in [0.2, 0.25) is 5.95 Å². The largest absolute Gasteiger partial charge is 0.383 e. The van der Waals surface area contributed by atoms with E-state index in [0.29, 0.717) is 17.7 Å². The Balaban J connectivity index is 2.18. The van der Waals surface area contributed by atoms with Crippen molar-refractivity contribution in [2.45, 2.75) is 19.8 Å². The van der Waals surface area contributed by atoms with Crippen molar-refractivity contribution < 1.29 is 0 Å². The Morgan fingerprint density at radius 1 is 1.32 bits per heavy atom. The Hall–Kier alpha value is -1.57. The van der Waals surface area contributed by atoms with Crippen molar-refractivity contribution in [3.05, 3.63) is 33.5 Å². The molecule has 0 amide bonds. The van der Waals surface area contributed by atoms with E-state index in [1.807, 2.05) is 24.3 Å². The van der Waals surface area contributed by atoms with Crippen molar-refractivity contribution in [3.8, 4) is 5.95 Å². The van der Waals surface area contributed by atoms with Crippen LogP contribution in [0.4, 0.5) is 5.82 Å². The average molecular weight is 367 g/mol. The van der Waals surface area contributed by atoms with Gasteiger partial charge in [-0.3, -0.25) is 0 Å². The maximum absolute atomic E-state index is 6.13. The van der Waals surface area contributed by atoms with Crippen molar-refractivity contribution in [1.29, 1.82) is 0 Å². The van der Waals surface area contributed by atoms with Crippen LogP contribution in [-0.2, 0) is 0 Å². The second-order valence-electron chi connectivity index (χ2n) is 4.73. The maximum Gasteiger partial charge on any atom is 0.231 e. The third-order valence-corrected chi connectivity index (χ3v) is 4.12. The van der Waals surface area contributed by atoms with Crippen LogP contribution in [0.15, 0.2) is 24.3 Å². The van der Waals surface area contributed by atoms with Crippen LogP contribution < -0.4 is 5.73 Å². The normalized spacial score (nSPS) is 11.6. The van der Waals surface area contributed by atoms with Gasteiger partial charge in [-0.05, 0) is 40.6 Å². The Bertz CT molecular complexity index is 708. The fourth-order valence-electron chi connectivity index (χ4n) is 2.00. The molecule has 1 aromatic carbocycles. The number of hydrogen-bond acceptors (Lipinski definition) is 3. The fourth-order valence-corrected chi connectivity index (χ4v) is 2.96. The number of benzene rings is 1. The van der Waals surface area contributed by atoms with Crippen molar-refractivity contribution in [2.24, 2.45) is 0 Å². The highest BCUT2D eigenvalue weighted by atomic mass is 127. The third kappa shape index (κ3) is 1.99. The van der Waals surface area contributed by atoms with Gasteiger partial charge < -0.3 is 10.7 Å². The highest BCUT2D eigenvalue weighted by Gasteiger charge is 2.18. The van der Waals surface area contributed by atoms with Crippen LogP contribution in [0, 0.1) is 3.57 Å². The zero-order chi connectivity index (χ0) is 13.6. The van der Waals surface area contributed by atoms with E-state index in [9.17, 15) is 0 Å². The molecule has 2 aromatic heterocycles. The first kappa shape index (κ1) is 12.5. The van der Waals surface area contributed by atoms with Crippen LogP contribution in [0.3, 0.4) is 0 Å². The minimum atomic E-state index is 0.333. The van der Waals surface area contributed by atoms with E-state index >= 15 is 0 Å². The quantitative estimate of drug-likeness (QED) is 0.684. The second-order valence-corrected chi connectivity index (χ2v) is 5.81. The summed E-state index contributed by atoms with van der Waals surface area (Å²) < 4.78 is 2.67. The number of imidazole rings is 1. The lowest BCUT2D eigenvalue weighted by atomic mass is 10.1. The number of nitrogens with zero attached hydrogens (tertiary/aromatic N) is 3. The van der Waals surface area contributed by atoms with E-state index in [1.54, 1.807) is 4.68 Å². The van der Waals surface area contributed by atoms with Gasteiger partial charge in [0.25, 0.3) is 0 Å². The van der Waals surface area contributed by atoms with Crippen LogP contribution in [0.25, 0.3) is 17.0 Å². The standard InChI is InChI=1S/C13H14IN5/c1-7(2)11-10(14)12(15)19(18-11)13-16-8-5-3-4-6-9(8)17-13/h3-7H,15H2,1-2H3,(H,16,17). The molecule has 3 rings (SSSR count). The number of aromatic amines is 1. The highest BCUT2D eigenvalue weighted by Crippen LogP contribution is 2.27. The van der Waals surface area contributed by atoms with E-state index in [4.69, 9.17) is 5.73 Å². The molecule has 0 atom stereocenters. The van der Waals surface area contributed by atoms with Gasteiger partial charge in [-0.25, -0.2) is 4.98 Å². The number of hydrogen-bond donors (Lipinski definition) is 2. The Morgan fingerprint density at radius 2 is 2.05 bits per heavy atom. The lowest BCUT2D eigenvalue weighted by molar-refractivity contribution is 0.752. The monoisotopic (exact) mass is 367 g/mol. The molecule has 0 unspecified atom stereocenters. The molecule has 0 bridgehead atoms. The predicted molar refractivity (Wildman–Crippen MR) is 84.4 cm³/mol. The molecule has 6 heteroatoms. The summed E-state index contributed by atoms with van der Waals surface area (Å²) >= 11 is 2.24. The molecule has 0 aliphatic heterocycles. The second kappa shape index (κ2) is 4.52. The minimum absolute atomic E-state index is 0.333. The Labute approximate surface area is 124 Å². The molecule has 0 saturated heterocycles. The lowest BCUT2D eigenvalue weighted by Crippen LogP contribution is -2.04. The molecule has 0 aliphatic carbocycles. The summed E-state index contributed by atoms with van der Waals surface area (Å²) in [7, 11) is 0. The lowest BCUT2D eigenvalue weighted by Gasteiger charge is -1.98. The Kier molecular flexibility index (Phi) is 2.96. The maximum atomic E-state index is 6.13. The number of H-pyrrole nitrogens is 1. The average Bonchev–Trinajstić information content (AvgIpc) is 2.92. The van der Waals surface area contributed by atoms with Gasteiger partial charge >= 0.3 is 0 Å².